The molecule has 0 unspecified atom stereocenters. The van der Waals surface area contributed by atoms with Crippen LogP contribution in [-0.2, 0) is 6.42 Å². The Kier molecular flexibility index (Phi) is 1.89. The standard InChI is InChI=1S/C6H8FNO2/c1-4-5(2-3-7)6(9)8-10-4/h2-3H2,1H3,(H,8,9). The Balaban J connectivity index is 2.99. The lowest BCUT2D eigenvalue weighted by molar-refractivity contribution is 0.390. The van der Waals surface area contributed by atoms with E-state index in [1.807, 2.05) is 0 Å². The fourth-order valence-corrected chi connectivity index (χ4v) is 0.790. The van der Waals surface area contributed by atoms with Gasteiger partial charge in [-0.2, -0.15) is 5.16 Å². The van der Waals surface area contributed by atoms with Gasteiger partial charge in [-0.15, -0.1) is 0 Å². The molecule has 1 N–H and O–H groups in total. The minimum Gasteiger partial charge on any atom is -0.384 e. The van der Waals surface area contributed by atoms with Gasteiger partial charge in [-0.1, -0.05) is 0 Å². The second-order valence-corrected chi connectivity index (χ2v) is 2.01. The van der Waals surface area contributed by atoms with Gasteiger partial charge in [0.1, 0.15) is 5.76 Å². The van der Waals surface area contributed by atoms with Crippen molar-refractivity contribution in [3.05, 3.63) is 21.7 Å². The molecule has 10 heavy (non-hydrogen) atoms. The lowest BCUT2D eigenvalue weighted by Crippen LogP contribution is -2.06. The van der Waals surface area contributed by atoms with Gasteiger partial charge in [0.25, 0.3) is 5.56 Å². The predicted molar refractivity (Wildman–Crippen MR) is 33.7 cm³/mol. The lowest BCUT2D eigenvalue weighted by Gasteiger charge is -1.86. The average molecular weight is 145 g/mol. The Hall–Kier alpha value is -1.06. The molecule has 1 aromatic rings. The second-order valence-electron chi connectivity index (χ2n) is 2.01. The number of alkyl halides is 1. The van der Waals surface area contributed by atoms with E-state index in [9.17, 15) is 9.18 Å². The van der Waals surface area contributed by atoms with E-state index in [1.54, 1.807) is 6.92 Å². The maximum Gasteiger partial charge on any atom is 0.283 e. The second kappa shape index (κ2) is 2.68. The predicted octanol–water partition coefficient (Wildman–Crippen LogP) is 0.788. The molecule has 0 fully saturated rings. The molecule has 0 aromatic carbocycles. The van der Waals surface area contributed by atoms with Crippen LogP contribution in [-0.4, -0.2) is 11.8 Å². The molecule has 0 saturated carbocycles. The van der Waals surface area contributed by atoms with Crippen molar-refractivity contribution < 1.29 is 8.91 Å². The van der Waals surface area contributed by atoms with Crippen molar-refractivity contribution in [3.63, 3.8) is 0 Å². The number of rotatable bonds is 2. The Morgan fingerprint density at radius 3 is 2.80 bits per heavy atom. The summed E-state index contributed by atoms with van der Waals surface area (Å²) in [6, 6.07) is 0. The highest BCUT2D eigenvalue weighted by Crippen LogP contribution is 2.00. The number of halogens is 1. The van der Waals surface area contributed by atoms with Crippen LogP contribution in [0, 0.1) is 6.92 Å². The molecule has 0 radical (unpaired) electrons. The maximum atomic E-state index is 11.7. The van der Waals surface area contributed by atoms with E-state index in [0.717, 1.165) is 0 Å². The zero-order chi connectivity index (χ0) is 7.56. The summed E-state index contributed by atoms with van der Waals surface area (Å²) in [6.07, 6.45) is 0.137. The van der Waals surface area contributed by atoms with Gasteiger partial charge in [0, 0.05) is 6.42 Å². The quantitative estimate of drug-likeness (QED) is 0.668. The molecule has 0 aliphatic heterocycles. The highest BCUT2D eigenvalue weighted by atomic mass is 19.1. The molecule has 0 amide bonds. The molecule has 1 aromatic heterocycles. The molecule has 56 valence electrons. The molecule has 1 heterocycles. The fourth-order valence-electron chi connectivity index (χ4n) is 0.790. The van der Waals surface area contributed by atoms with Gasteiger partial charge in [-0.25, -0.2) is 0 Å². The van der Waals surface area contributed by atoms with Gasteiger partial charge in [0.15, 0.2) is 0 Å². The van der Waals surface area contributed by atoms with Crippen LogP contribution in [0.2, 0.25) is 0 Å². The van der Waals surface area contributed by atoms with Gasteiger partial charge < -0.3 is 4.52 Å². The molecule has 0 spiro atoms. The van der Waals surface area contributed by atoms with Gasteiger partial charge in [-0.05, 0) is 6.92 Å². The number of hydrogen-bond acceptors (Lipinski definition) is 2. The Bertz CT molecular complexity index is 263. The zero-order valence-electron chi connectivity index (χ0n) is 5.61. The SMILES string of the molecule is Cc1o[nH]c(=O)c1CCF. The van der Waals surface area contributed by atoms with E-state index in [4.69, 9.17) is 0 Å². The number of aromatic amines is 1. The molecule has 4 heteroatoms. The molecule has 0 aliphatic carbocycles. The fraction of sp³-hybridized carbons (Fsp3) is 0.500. The first kappa shape index (κ1) is 7.05. The number of nitrogens with one attached hydrogen (secondary N) is 1. The summed E-state index contributed by atoms with van der Waals surface area (Å²) in [5.41, 5.74) is 0.0812. The van der Waals surface area contributed by atoms with Gasteiger partial charge >= 0.3 is 0 Å². The summed E-state index contributed by atoms with van der Waals surface area (Å²) in [6.45, 7) is 1.10. The summed E-state index contributed by atoms with van der Waals surface area (Å²) >= 11 is 0. The van der Waals surface area contributed by atoms with Gasteiger partial charge in [0.2, 0.25) is 0 Å². The summed E-state index contributed by atoms with van der Waals surface area (Å²) in [7, 11) is 0. The molecular formula is C6H8FNO2. The Labute approximate surface area is 56.8 Å². The minimum absolute atomic E-state index is 0.137. The highest BCUT2D eigenvalue weighted by Gasteiger charge is 2.06. The molecule has 0 aliphatic rings. The van der Waals surface area contributed by atoms with Crippen molar-refractivity contribution in [2.24, 2.45) is 0 Å². The van der Waals surface area contributed by atoms with Gasteiger partial charge in [-0.3, -0.25) is 9.18 Å². The van der Waals surface area contributed by atoms with Crippen molar-refractivity contribution in [1.29, 1.82) is 0 Å². The van der Waals surface area contributed by atoms with Crippen molar-refractivity contribution in [1.82, 2.24) is 5.16 Å². The van der Waals surface area contributed by atoms with Crippen LogP contribution in [0.1, 0.15) is 11.3 Å². The van der Waals surface area contributed by atoms with Crippen LogP contribution < -0.4 is 5.56 Å². The Morgan fingerprint density at radius 1 is 1.70 bits per heavy atom. The summed E-state index contributed by atoms with van der Waals surface area (Å²) in [5, 5.41) is 2.12. The first-order valence-corrected chi connectivity index (χ1v) is 2.98. The third-order valence-electron chi connectivity index (χ3n) is 1.34. The number of H-pyrrole nitrogens is 1. The molecule has 3 nitrogen and oxygen atoms in total. The summed E-state index contributed by atoms with van der Waals surface area (Å²) < 4.78 is 16.4. The molecular weight excluding hydrogens is 137 g/mol. The normalized spacial score (nSPS) is 10.2. The van der Waals surface area contributed by atoms with E-state index in [0.29, 0.717) is 11.3 Å². The van der Waals surface area contributed by atoms with Crippen LogP contribution >= 0.6 is 0 Å². The monoisotopic (exact) mass is 145 g/mol. The number of aryl methyl sites for hydroxylation is 1. The molecule has 0 atom stereocenters. The maximum absolute atomic E-state index is 11.7. The van der Waals surface area contributed by atoms with Crippen molar-refractivity contribution in [2.75, 3.05) is 6.67 Å². The first-order valence-electron chi connectivity index (χ1n) is 2.98. The smallest absolute Gasteiger partial charge is 0.283 e. The summed E-state index contributed by atoms with van der Waals surface area (Å²) in [5.74, 6) is 0.475. The molecule has 1 rings (SSSR count). The molecule has 0 saturated heterocycles. The average Bonchev–Trinajstić information content (AvgIpc) is 2.20. The molecule has 0 bridgehead atoms. The minimum atomic E-state index is -0.524. The summed E-state index contributed by atoms with van der Waals surface area (Å²) in [4.78, 5) is 10.7. The van der Waals surface area contributed by atoms with E-state index < -0.39 is 6.67 Å². The first-order chi connectivity index (χ1) is 4.75. The van der Waals surface area contributed by atoms with Crippen LogP contribution in [0.4, 0.5) is 4.39 Å². The van der Waals surface area contributed by atoms with E-state index >= 15 is 0 Å². The zero-order valence-corrected chi connectivity index (χ0v) is 5.61. The number of hydrogen-bond donors (Lipinski definition) is 1. The van der Waals surface area contributed by atoms with E-state index in [-0.39, 0.29) is 12.0 Å². The topological polar surface area (TPSA) is 46.0 Å². The van der Waals surface area contributed by atoms with Crippen molar-refractivity contribution in [3.8, 4) is 0 Å². The largest absolute Gasteiger partial charge is 0.384 e. The Morgan fingerprint density at radius 2 is 2.40 bits per heavy atom. The van der Waals surface area contributed by atoms with Crippen molar-refractivity contribution in [2.45, 2.75) is 13.3 Å². The third kappa shape index (κ3) is 1.10. The third-order valence-corrected chi connectivity index (χ3v) is 1.34. The van der Waals surface area contributed by atoms with E-state index in [1.165, 1.54) is 0 Å². The van der Waals surface area contributed by atoms with E-state index in [2.05, 4.69) is 9.68 Å². The highest BCUT2D eigenvalue weighted by molar-refractivity contribution is 5.11. The van der Waals surface area contributed by atoms with Crippen LogP contribution in [0.25, 0.3) is 0 Å². The van der Waals surface area contributed by atoms with Gasteiger partial charge in [0.05, 0.1) is 12.2 Å². The lowest BCUT2D eigenvalue weighted by atomic mass is 10.2. The van der Waals surface area contributed by atoms with Crippen molar-refractivity contribution >= 4 is 0 Å². The van der Waals surface area contributed by atoms with Crippen LogP contribution in [0.15, 0.2) is 9.32 Å². The number of aromatic nitrogens is 1. The van der Waals surface area contributed by atoms with Crippen LogP contribution in [0.3, 0.4) is 0 Å². The van der Waals surface area contributed by atoms with Crippen LogP contribution in [0.5, 0.6) is 0 Å².